The molecule has 0 fully saturated rings. The van der Waals surface area contributed by atoms with Crippen LogP contribution in [0.1, 0.15) is 28.0 Å². The Kier molecular flexibility index (Phi) is 3.66. The number of methoxy groups -OCH3 is 1. The van der Waals surface area contributed by atoms with Crippen molar-refractivity contribution in [2.24, 2.45) is 0 Å². The van der Waals surface area contributed by atoms with Crippen LogP contribution in [0, 0.1) is 17.0 Å². The molecule has 1 aromatic heterocycles. The van der Waals surface area contributed by atoms with Crippen molar-refractivity contribution in [2.45, 2.75) is 13.3 Å². The van der Waals surface area contributed by atoms with Crippen molar-refractivity contribution in [3.63, 3.8) is 0 Å². The fraction of sp³-hybridized carbons (Fsp3) is 0.333. The molecule has 0 atom stereocenters. The molecule has 0 aliphatic rings. The second-order valence-electron chi connectivity index (χ2n) is 3.07. The second-order valence-corrected chi connectivity index (χ2v) is 3.07. The number of pyridine rings is 1. The predicted molar refractivity (Wildman–Crippen MR) is 51.9 cm³/mol. The molecule has 92 valence electrons. The molecule has 0 radical (unpaired) electrons. The zero-order valence-electron chi connectivity index (χ0n) is 8.94. The number of aryl methyl sites for hydroxylation is 1. The van der Waals surface area contributed by atoms with Crippen molar-refractivity contribution in [3.8, 4) is 0 Å². The lowest BCUT2D eigenvalue weighted by Gasteiger charge is -2.08. The first-order chi connectivity index (χ1) is 7.90. The van der Waals surface area contributed by atoms with Crippen LogP contribution in [0.25, 0.3) is 0 Å². The van der Waals surface area contributed by atoms with Gasteiger partial charge in [-0.15, -0.1) is 0 Å². The zero-order valence-corrected chi connectivity index (χ0v) is 8.94. The molecule has 6 nitrogen and oxygen atoms in total. The van der Waals surface area contributed by atoms with E-state index in [0.717, 1.165) is 13.3 Å². The summed E-state index contributed by atoms with van der Waals surface area (Å²) < 4.78 is 29.8. The first kappa shape index (κ1) is 12.9. The van der Waals surface area contributed by atoms with Crippen LogP contribution in [0.5, 0.6) is 0 Å². The van der Waals surface area contributed by atoms with E-state index in [0.29, 0.717) is 0 Å². The van der Waals surface area contributed by atoms with E-state index < -0.39 is 34.1 Å². The van der Waals surface area contributed by atoms with E-state index in [1.807, 2.05) is 0 Å². The monoisotopic (exact) mass is 246 g/mol. The lowest BCUT2D eigenvalue weighted by molar-refractivity contribution is -0.387. The van der Waals surface area contributed by atoms with Gasteiger partial charge >= 0.3 is 5.97 Å². The number of aromatic nitrogens is 1. The van der Waals surface area contributed by atoms with E-state index in [1.54, 1.807) is 0 Å². The summed E-state index contributed by atoms with van der Waals surface area (Å²) in [6, 6.07) is 0. The molecule has 17 heavy (non-hydrogen) atoms. The van der Waals surface area contributed by atoms with Crippen molar-refractivity contribution < 1.29 is 23.2 Å². The first-order valence-corrected chi connectivity index (χ1v) is 4.40. The van der Waals surface area contributed by atoms with Crippen molar-refractivity contribution in [1.82, 2.24) is 4.98 Å². The molecule has 0 amide bonds. The molecule has 0 N–H and O–H groups in total. The molecule has 1 rings (SSSR count). The van der Waals surface area contributed by atoms with Gasteiger partial charge in [0.2, 0.25) is 0 Å². The van der Waals surface area contributed by atoms with Gasteiger partial charge in [0.25, 0.3) is 12.1 Å². The highest BCUT2D eigenvalue weighted by molar-refractivity contribution is 5.92. The van der Waals surface area contributed by atoms with Crippen molar-refractivity contribution in [3.05, 3.63) is 33.1 Å². The van der Waals surface area contributed by atoms with Crippen LogP contribution in [0.3, 0.4) is 0 Å². The summed E-state index contributed by atoms with van der Waals surface area (Å²) >= 11 is 0. The highest BCUT2D eigenvalue weighted by atomic mass is 19.3. The Labute approximate surface area is 94.4 Å². The summed E-state index contributed by atoms with van der Waals surface area (Å²) in [5.74, 6) is -1.09. The van der Waals surface area contributed by atoms with E-state index >= 15 is 0 Å². The van der Waals surface area contributed by atoms with Crippen LogP contribution in [-0.2, 0) is 4.74 Å². The molecule has 0 saturated carbocycles. The molecule has 0 bridgehead atoms. The van der Waals surface area contributed by atoms with E-state index in [1.165, 1.54) is 6.92 Å². The third kappa shape index (κ3) is 2.35. The van der Waals surface area contributed by atoms with Gasteiger partial charge in [0.05, 0.1) is 17.6 Å². The molecule has 0 aromatic carbocycles. The van der Waals surface area contributed by atoms with Gasteiger partial charge in [-0.05, 0) is 6.92 Å². The highest BCUT2D eigenvalue weighted by Gasteiger charge is 2.31. The first-order valence-electron chi connectivity index (χ1n) is 4.40. The lowest BCUT2D eigenvalue weighted by Crippen LogP contribution is -2.11. The fourth-order valence-corrected chi connectivity index (χ4v) is 1.34. The zero-order chi connectivity index (χ0) is 13.2. The number of esters is 1. The molecule has 0 unspecified atom stereocenters. The normalized spacial score (nSPS) is 10.4. The lowest BCUT2D eigenvalue weighted by atomic mass is 10.1. The number of alkyl halides is 2. The predicted octanol–water partition coefficient (Wildman–Crippen LogP) is 2.02. The minimum Gasteiger partial charge on any atom is -0.465 e. The van der Waals surface area contributed by atoms with Crippen molar-refractivity contribution >= 4 is 11.7 Å². The molecule has 0 aliphatic heterocycles. The van der Waals surface area contributed by atoms with E-state index in [-0.39, 0.29) is 5.69 Å². The molecule has 0 spiro atoms. The SMILES string of the molecule is COC(=O)c1cnc(C)c([N+](=O)[O-])c1C(F)F. The van der Waals surface area contributed by atoms with Gasteiger partial charge in [0.15, 0.2) is 0 Å². The van der Waals surface area contributed by atoms with Crippen LogP contribution in [0.4, 0.5) is 14.5 Å². The molecule has 1 aromatic rings. The van der Waals surface area contributed by atoms with Crippen molar-refractivity contribution in [1.29, 1.82) is 0 Å². The number of nitrogens with zero attached hydrogens (tertiary/aromatic N) is 2. The van der Waals surface area contributed by atoms with Crippen LogP contribution < -0.4 is 0 Å². The Morgan fingerprint density at radius 2 is 2.18 bits per heavy atom. The average Bonchev–Trinajstić information content (AvgIpc) is 2.26. The van der Waals surface area contributed by atoms with Crippen LogP contribution in [-0.4, -0.2) is 23.0 Å². The summed E-state index contributed by atoms with van der Waals surface area (Å²) in [5.41, 5.74) is -2.60. The Balaban J connectivity index is 3.59. The van der Waals surface area contributed by atoms with Crippen LogP contribution >= 0.6 is 0 Å². The topological polar surface area (TPSA) is 82.3 Å². The number of halogens is 2. The van der Waals surface area contributed by atoms with E-state index in [9.17, 15) is 23.7 Å². The molecule has 1 heterocycles. The fourth-order valence-electron chi connectivity index (χ4n) is 1.34. The maximum Gasteiger partial charge on any atom is 0.340 e. The maximum atomic E-state index is 12.8. The van der Waals surface area contributed by atoms with Crippen molar-refractivity contribution in [2.75, 3.05) is 7.11 Å². The van der Waals surface area contributed by atoms with Gasteiger partial charge in [-0.25, -0.2) is 13.6 Å². The standard InChI is InChI=1S/C9H8F2N2O4/c1-4-7(13(15)16)6(8(10)11)5(3-12-4)9(14)17-2/h3,8H,1-2H3. The molecule has 0 aliphatic carbocycles. The smallest absolute Gasteiger partial charge is 0.340 e. The van der Waals surface area contributed by atoms with Gasteiger partial charge in [-0.3, -0.25) is 15.1 Å². The van der Waals surface area contributed by atoms with Gasteiger partial charge in [0, 0.05) is 6.20 Å². The number of ether oxygens (including phenoxy) is 1. The summed E-state index contributed by atoms with van der Waals surface area (Å²) in [6.07, 6.45) is -2.32. The average molecular weight is 246 g/mol. The summed E-state index contributed by atoms with van der Waals surface area (Å²) in [7, 11) is 0.989. The van der Waals surface area contributed by atoms with Gasteiger partial charge in [0.1, 0.15) is 11.3 Å². The minimum atomic E-state index is -3.16. The Hall–Kier alpha value is -2.12. The molecule has 8 heteroatoms. The number of hydrogen-bond acceptors (Lipinski definition) is 5. The third-order valence-electron chi connectivity index (χ3n) is 2.08. The second kappa shape index (κ2) is 4.81. The maximum absolute atomic E-state index is 12.8. The molecular weight excluding hydrogens is 238 g/mol. The minimum absolute atomic E-state index is 0.182. The number of nitro groups is 1. The number of rotatable bonds is 3. The van der Waals surface area contributed by atoms with Crippen LogP contribution in [0.2, 0.25) is 0 Å². The van der Waals surface area contributed by atoms with Gasteiger partial charge in [-0.1, -0.05) is 0 Å². The number of hydrogen-bond donors (Lipinski definition) is 0. The van der Waals surface area contributed by atoms with E-state index in [2.05, 4.69) is 9.72 Å². The number of carbonyl (C=O) groups excluding carboxylic acids is 1. The number of carbonyl (C=O) groups is 1. The third-order valence-corrected chi connectivity index (χ3v) is 2.08. The van der Waals surface area contributed by atoms with E-state index in [4.69, 9.17) is 0 Å². The summed E-state index contributed by atoms with van der Waals surface area (Å²) in [5, 5.41) is 10.7. The Morgan fingerprint density at radius 1 is 1.59 bits per heavy atom. The van der Waals surface area contributed by atoms with Gasteiger partial charge < -0.3 is 4.74 Å². The van der Waals surface area contributed by atoms with Gasteiger partial charge in [-0.2, -0.15) is 0 Å². The Bertz CT molecular complexity index is 476. The Morgan fingerprint density at radius 3 is 2.59 bits per heavy atom. The van der Waals surface area contributed by atoms with Crippen LogP contribution in [0.15, 0.2) is 6.20 Å². The highest BCUT2D eigenvalue weighted by Crippen LogP contribution is 2.33. The molecule has 0 saturated heterocycles. The summed E-state index contributed by atoms with van der Waals surface area (Å²) in [6.45, 7) is 1.21. The molecular formula is C9H8F2N2O4. The quantitative estimate of drug-likeness (QED) is 0.463. The largest absolute Gasteiger partial charge is 0.465 e. The summed E-state index contributed by atoms with van der Waals surface area (Å²) in [4.78, 5) is 24.4.